The summed E-state index contributed by atoms with van der Waals surface area (Å²) in [5.74, 6) is 1.52. The number of nitrogens with one attached hydrogen (secondary N) is 1. The van der Waals surface area contributed by atoms with Crippen LogP contribution in [0.1, 0.15) is 37.9 Å². The minimum absolute atomic E-state index is 0.144. The number of esters is 1. The van der Waals surface area contributed by atoms with Gasteiger partial charge in [0.05, 0.1) is 13.0 Å². The number of hydrogen-bond acceptors (Lipinski definition) is 5. The van der Waals surface area contributed by atoms with Crippen molar-refractivity contribution in [3.63, 3.8) is 0 Å². The molecule has 0 spiro atoms. The molecule has 6 nitrogen and oxygen atoms in total. The number of aromatic amines is 1. The van der Waals surface area contributed by atoms with Crippen LogP contribution in [-0.2, 0) is 9.53 Å². The molecule has 19 heavy (non-hydrogen) atoms. The minimum Gasteiger partial charge on any atom is -0.466 e. The highest BCUT2D eigenvalue weighted by Crippen LogP contribution is 2.37. The third-order valence-electron chi connectivity index (χ3n) is 3.06. The van der Waals surface area contributed by atoms with E-state index in [1.807, 2.05) is 7.05 Å². The fraction of sp³-hybridized carbons (Fsp3) is 0.615. The second-order valence-corrected chi connectivity index (χ2v) is 4.74. The molecule has 1 aromatic rings. The number of ether oxygens (including phenoxy) is 1. The average molecular weight is 265 g/mol. The second kappa shape index (κ2) is 5.86. The smallest absolute Gasteiger partial charge is 0.307 e. The van der Waals surface area contributed by atoms with Crippen LogP contribution in [0.2, 0.25) is 0 Å². The van der Waals surface area contributed by atoms with E-state index in [-0.39, 0.29) is 17.9 Å². The van der Waals surface area contributed by atoms with E-state index in [4.69, 9.17) is 4.74 Å². The molecule has 1 aliphatic rings. The molecule has 0 radical (unpaired) electrons. The summed E-state index contributed by atoms with van der Waals surface area (Å²) in [5.41, 5.74) is -0.144. The molecule has 0 bridgehead atoms. The SMILES string of the molecule is CCOC(=O)CCN(C)c1cc(=O)[nH]c(C2CC2)n1. The summed E-state index contributed by atoms with van der Waals surface area (Å²) >= 11 is 0. The first-order chi connectivity index (χ1) is 9.10. The third-order valence-corrected chi connectivity index (χ3v) is 3.06. The molecule has 0 saturated heterocycles. The molecule has 1 saturated carbocycles. The first-order valence-electron chi connectivity index (χ1n) is 6.58. The zero-order valence-corrected chi connectivity index (χ0v) is 11.3. The molecule has 1 N–H and O–H groups in total. The lowest BCUT2D eigenvalue weighted by Gasteiger charge is -2.17. The van der Waals surface area contributed by atoms with Crippen molar-refractivity contribution in [2.45, 2.75) is 32.1 Å². The molecule has 0 unspecified atom stereocenters. The maximum Gasteiger partial charge on any atom is 0.307 e. The Kier molecular flexibility index (Phi) is 4.19. The molecule has 0 amide bonds. The highest BCUT2D eigenvalue weighted by Gasteiger charge is 2.26. The molecule has 1 fully saturated rings. The van der Waals surface area contributed by atoms with E-state index in [0.717, 1.165) is 18.7 Å². The van der Waals surface area contributed by atoms with Crippen LogP contribution in [0.25, 0.3) is 0 Å². The maximum absolute atomic E-state index is 11.6. The minimum atomic E-state index is -0.235. The Hall–Kier alpha value is -1.85. The van der Waals surface area contributed by atoms with Gasteiger partial charge in [-0.25, -0.2) is 4.98 Å². The van der Waals surface area contributed by atoms with Crippen molar-refractivity contribution in [3.05, 3.63) is 22.2 Å². The fourth-order valence-corrected chi connectivity index (χ4v) is 1.82. The average Bonchev–Trinajstić information content (AvgIpc) is 3.19. The number of rotatable bonds is 6. The van der Waals surface area contributed by atoms with Crippen LogP contribution in [0.4, 0.5) is 5.82 Å². The number of nitrogens with zero attached hydrogens (tertiary/aromatic N) is 2. The topological polar surface area (TPSA) is 75.3 Å². The maximum atomic E-state index is 11.6. The molecule has 6 heteroatoms. The number of H-pyrrole nitrogens is 1. The van der Waals surface area contributed by atoms with E-state index in [9.17, 15) is 9.59 Å². The number of anilines is 1. The zero-order chi connectivity index (χ0) is 13.8. The molecule has 0 aromatic carbocycles. The molecule has 1 aliphatic carbocycles. The summed E-state index contributed by atoms with van der Waals surface area (Å²) in [6.45, 7) is 2.65. The summed E-state index contributed by atoms with van der Waals surface area (Å²) in [5, 5.41) is 0. The van der Waals surface area contributed by atoms with Gasteiger partial charge in [-0.05, 0) is 19.8 Å². The Morgan fingerprint density at radius 1 is 1.58 bits per heavy atom. The number of hydrogen-bond donors (Lipinski definition) is 1. The zero-order valence-electron chi connectivity index (χ0n) is 11.3. The van der Waals surface area contributed by atoms with Crippen molar-refractivity contribution < 1.29 is 9.53 Å². The fourth-order valence-electron chi connectivity index (χ4n) is 1.82. The van der Waals surface area contributed by atoms with E-state index in [1.165, 1.54) is 6.07 Å². The van der Waals surface area contributed by atoms with E-state index < -0.39 is 0 Å². The largest absolute Gasteiger partial charge is 0.466 e. The molecule has 0 aliphatic heterocycles. The van der Waals surface area contributed by atoms with Crippen molar-refractivity contribution in [3.8, 4) is 0 Å². The predicted molar refractivity (Wildman–Crippen MR) is 71.4 cm³/mol. The molecule has 104 valence electrons. The number of aromatic nitrogens is 2. The van der Waals surface area contributed by atoms with E-state index in [0.29, 0.717) is 24.9 Å². The molecule has 2 rings (SSSR count). The lowest BCUT2D eigenvalue weighted by Crippen LogP contribution is -2.25. The highest BCUT2D eigenvalue weighted by atomic mass is 16.5. The van der Waals surface area contributed by atoms with Gasteiger partial charge < -0.3 is 14.6 Å². The van der Waals surface area contributed by atoms with Gasteiger partial charge in [0.2, 0.25) is 0 Å². The van der Waals surface area contributed by atoms with Crippen LogP contribution in [0.3, 0.4) is 0 Å². The van der Waals surface area contributed by atoms with Gasteiger partial charge in [-0.2, -0.15) is 0 Å². The number of carbonyl (C=O) groups is 1. The molecule has 1 heterocycles. The lowest BCUT2D eigenvalue weighted by molar-refractivity contribution is -0.142. The highest BCUT2D eigenvalue weighted by molar-refractivity contribution is 5.70. The quantitative estimate of drug-likeness (QED) is 0.778. The van der Waals surface area contributed by atoms with Crippen LogP contribution in [0.5, 0.6) is 0 Å². The number of carbonyl (C=O) groups excluding carboxylic acids is 1. The normalized spacial score (nSPS) is 14.2. The Morgan fingerprint density at radius 3 is 2.95 bits per heavy atom. The van der Waals surface area contributed by atoms with Crippen LogP contribution in [0, 0.1) is 0 Å². The monoisotopic (exact) mass is 265 g/mol. The summed E-state index contributed by atoms with van der Waals surface area (Å²) in [6.07, 6.45) is 2.45. The Labute approximate surface area is 111 Å². The van der Waals surface area contributed by atoms with Gasteiger partial charge in [0, 0.05) is 25.6 Å². The van der Waals surface area contributed by atoms with Crippen molar-refractivity contribution in [1.82, 2.24) is 9.97 Å². The van der Waals surface area contributed by atoms with Crippen LogP contribution in [-0.4, -0.2) is 36.1 Å². The van der Waals surface area contributed by atoms with Crippen LogP contribution < -0.4 is 10.5 Å². The molecular formula is C13H19N3O3. The van der Waals surface area contributed by atoms with E-state index in [2.05, 4.69) is 9.97 Å². The van der Waals surface area contributed by atoms with Gasteiger partial charge in [-0.1, -0.05) is 0 Å². The van der Waals surface area contributed by atoms with Crippen LogP contribution >= 0.6 is 0 Å². The van der Waals surface area contributed by atoms with Gasteiger partial charge in [-0.15, -0.1) is 0 Å². The molecular weight excluding hydrogens is 246 g/mol. The molecule has 1 aromatic heterocycles. The van der Waals surface area contributed by atoms with Gasteiger partial charge in [0.25, 0.3) is 5.56 Å². The van der Waals surface area contributed by atoms with Gasteiger partial charge >= 0.3 is 5.97 Å². The second-order valence-electron chi connectivity index (χ2n) is 4.74. The van der Waals surface area contributed by atoms with E-state index in [1.54, 1.807) is 11.8 Å². The Bertz CT molecular complexity index is 508. The standard InChI is InChI=1S/C13H19N3O3/c1-3-19-12(18)6-7-16(2)10-8-11(17)15-13(14-10)9-4-5-9/h8-9H,3-7H2,1-2H3,(H,14,15,17). The summed E-state index contributed by atoms with van der Waals surface area (Å²) < 4.78 is 4.87. The Balaban J connectivity index is 2.00. The Morgan fingerprint density at radius 2 is 2.32 bits per heavy atom. The van der Waals surface area contributed by atoms with E-state index >= 15 is 0 Å². The van der Waals surface area contributed by atoms with Crippen molar-refractivity contribution in [2.24, 2.45) is 0 Å². The summed E-state index contributed by atoms with van der Waals surface area (Å²) in [4.78, 5) is 31.9. The summed E-state index contributed by atoms with van der Waals surface area (Å²) in [6, 6.07) is 1.46. The lowest BCUT2D eigenvalue weighted by atomic mass is 10.3. The van der Waals surface area contributed by atoms with Crippen molar-refractivity contribution in [2.75, 3.05) is 25.1 Å². The van der Waals surface area contributed by atoms with Crippen LogP contribution in [0.15, 0.2) is 10.9 Å². The van der Waals surface area contributed by atoms with Gasteiger partial charge in [-0.3, -0.25) is 9.59 Å². The molecule has 0 atom stereocenters. The first-order valence-corrected chi connectivity index (χ1v) is 6.58. The van der Waals surface area contributed by atoms with Gasteiger partial charge in [0.15, 0.2) is 0 Å². The van der Waals surface area contributed by atoms with Crippen molar-refractivity contribution >= 4 is 11.8 Å². The van der Waals surface area contributed by atoms with Gasteiger partial charge in [0.1, 0.15) is 11.6 Å². The first kappa shape index (κ1) is 13.6. The van der Waals surface area contributed by atoms with Crippen molar-refractivity contribution in [1.29, 1.82) is 0 Å². The summed E-state index contributed by atoms with van der Waals surface area (Å²) in [7, 11) is 1.82. The third kappa shape index (κ3) is 3.81. The predicted octanol–water partition coefficient (Wildman–Crippen LogP) is 1.04.